The first-order valence-corrected chi connectivity index (χ1v) is 13.2. The van der Waals surface area contributed by atoms with Crippen LogP contribution in [-0.2, 0) is 14.8 Å². The molecule has 2 heterocycles. The number of thioether (sulfide) groups is 1. The molecule has 186 valence electrons. The van der Waals surface area contributed by atoms with Gasteiger partial charge in [-0.15, -0.1) is 0 Å². The molecular formula is C26H24N2O6S2. The topological polar surface area (TPSA) is 119 Å². The number of nitrogens with zero attached hydrogens (tertiary/aromatic N) is 1. The Morgan fingerprint density at radius 2 is 1.67 bits per heavy atom. The van der Waals surface area contributed by atoms with Crippen molar-refractivity contribution in [3.63, 3.8) is 0 Å². The molecule has 0 bridgehead atoms. The van der Waals surface area contributed by atoms with Gasteiger partial charge in [-0.3, -0.25) is 4.79 Å². The number of hydrogen-bond donors (Lipinski definition) is 2. The summed E-state index contributed by atoms with van der Waals surface area (Å²) in [6.45, 7) is 3.31. The second-order valence-corrected chi connectivity index (χ2v) is 11.8. The molecule has 0 radical (unpaired) electrons. The summed E-state index contributed by atoms with van der Waals surface area (Å²) in [5.74, 6) is -0.271. The molecule has 4 aromatic rings. The van der Waals surface area contributed by atoms with E-state index in [-0.39, 0.29) is 4.90 Å². The molecule has 36 heavy (non-hydrogen) atoms. The molecule has 0 fully saturated rings. The zero-order chi connectivity index (χ0) is 25.8. The normalized spacial score (nSPS) is 12.7. The third kappa shape index (κ3) is 6.14. The molecule has 0 saturated carbocycles. The van der Waals surface area contributed by atoms with Crippen LogP contribution in [0.2, 0.25) is 0 Å². The van der Waals surface area contributed by atoms with Gasteiger partial charge in [-0.2, -0.15) is 4.72 Å². The lowest BCUT2D eigenvalue weighted by molar-refractivity contribution is -0.139. The molecule has 0 unspecified atom stereocenters. The molecule has 0 amide bonds. The third-order valence-corrected chi connectivity index (χ3v) is 7.95. The van der Waals surface area contributed by atoms with Crippen LogP contribution in [0.15, 0.2) is 106 Å². The Labute approximate surface area is 213 Å². The molecule has 0 aliphatic carbocycles. The van der Waals surface area contributed by atoms with Crippen molar-refractivity contribution < 1.29 is 27.5 Å². The number of benzene rings is 2. The largest absolute Gasteiger partial charge is 0.480 e. The van der Waals surface area contributed by atoms with Crippen LogP contribution >= 0.6 is 11.8 Å². The van der Waals surface area contributed by atoms with Gasteiger partial charge in [-0.1, -0.05) is 30.0 Å². The Morgan fingerprint density at radius 3 is 2.22 bits per heavy atom. The number of sulfonamides is 1. The number of ether oxygens (including phenoxy) is 1. The average Bonchev–Trinajstić information content (AvgIpc) is 3.39. The summed E-state index contributed by atoms with van der Waals surface area (Å²) in [5.41, 5.74) is 1.92. The van der Waals surface area contributed by atoms with Gasteiger partial charge in [0.25, 0.3) is 0 Å². The summed E-state index contributed by atoms with van der Waals surface area (Å²) < 4.78 is 38.2. The number of nitrogens with one attached hydrogen (secondary N) is 1. The lowest BCUT2D eigenvalue weighted by atomic mass is 10.1. The smallest absolute Gasteiger partial charge is 0.323 e. The fourth-order valence-electron chi connectivity index (χ4n) is 3.42. The number of rotatable bonds is 10. The number of hydrogen-bond acceptors (Lipinski definition) is 7. The van der Waals surface area contributed by atoms with E-state index in [0.29, 0.717) is 16.5 Å². The molecule has 8 nitrogen and oxygen atoms in total. The Bertz CT molecular complexity index is 1400. The maximum absolute atomic E-state index is 13.0. The van der Waals surface area contributed by atoms with Crippen LogP contribution in [0.5, 0.6) is 11.5 Å². The van der Waals surface area contributed by atoms with Crippen LogP contribution < -0.4 is 9.46 Å². The SMILES string of the molecule is CC(C)(Sc1ccccn1)[C@H](NS(=O)(=O)c1ccc(Oc2ccc(-c3ccoc3)cc2)cc1)C(=O)O. The monoisotopic (exact) mass is 524 g/mol. The first-order chi connectivity index (χ1) is 17.1. The lowest BCUT2D eigenvalue weighted by Crippen LogP contribution is -2.52. The van der Waals surface area contributed by atoms with Gasteiger partial charge in [-0.25, -0.2) is 13.4 Å². The van der Waals surface area contributed by atoms with Gasteiger partial charge in [-0.05, 0) is 74.0 Å². The second-order valence-electron chi connectivity index (χ2n) is 8.38. The molecule has 2 N–H and O–H groups in total. The maximum Gasteiger partial charge on any atom is 0.323 e. The Morgan fingerprint density at radius 1 is 1.00 bits per heavy atom. The molecule has 0 aliphatic heterocycles. The second kappa shape index (κ2) is 10.6. The molecule has 2 aromatic carbocycles. The van der Waals surface area contributed by atoms with E-state index in [1.807, 2.05) is 18.2 Å². The summed E-state index contributed by atoms with van der Waals surface area (Å²) in [4.78, 5) is 16.1. The zero-order valence-electron chi connectivity index (χ0n) is 19.5. The van der Waals surface area contributed by atoms with Gasteiger partial charge >= 0.3 is 5.97 Å². The fourth-order valence-corrected chi connectivity index (χ4v) is 5.90. The lowest BCUT2D eigenvalue weighted by Gasteiger charge is -2.30. The number of furan rings is 1. The summed E-state index contributed by atoms with van der Waals surface area (Å²) in [6.07, 6.45) is 4.84. The number of carboxylic acids is 1. The molecule has 0 spiro atoms. The van der Waals surface area contributed by atoms with Crippen molar-refractivity contribution in [1.29, 1.82) is 0 Å². The van der Waals surface area contributed by atoms with Crippen molar-refractivity contribution >= 4 is 27.8 Å². The van der Waals surface area contributed by atoms with Crippen molar-refractivity contribution in [3.05, 3.63) is 91.5 Å². The van der Waals surface area contributed by atoms with Gasteiger partial charge in [0.2, 0.25) is 10.0 Å². The zero-order valence-corrected chi connectivity index (χ0v) is 21.1. The predicted molar refractivity (Wildman–Crippen MR) is 137 cm³/mol. The van der Waals surface area contributed by atoms with E-state index in [1.54, 1.807) is 62.9 Å². The minimum absolute atomic E-state index is 0.0740. The van der Waals surface area contributed by atoms with E-state index < -0.39 is 26.8 Å². The Hall–Kier alpha value is -3.60. The standard InChI is InChI=1S/C26H24N2O6S2/c1-26(2,35-23-5-3-4-15-27-23)24(25(29)30)28-36(31,32)22-12-10-21(11-13-22)34-20-8-6-18(7-9-20)19-14-16-33-17-19/h3-17,24,28H,1-2H3,(H,29,30)/t24-/m1/s1. The van der Waals surface area contributed by atoms with Gasteiger partial charge in [0, 0.05) is 16.5 Å². The van der Waals surface area contributed by atoms with Crippen LogP contribution in [0.3, 0.4) is 0 Å². The Balaban J connectivity index is 1.46. The molecule has 2 aromatic heterocycles. The summed E-state index contributed by atoms with van der Waals surface area (Å²) in [5, 5.41) is 10.4. The van der Waals surface area contributed by atoms with Crippen molar-refractivity contribution in [3.8, 4) is 22.6 Å². The van der Waals surface area contributed by atoms with Gasteiger partial charge in [0.1, 0.15) is 17.5 Å². The molecule has 0 aliphatic rings. The van der Waals surface area contributed by atoms with Crippen molar-refractivity contribution in [2.24, 2.45) is 0 Å². The number of aliphatic carboxylic acids is 1. The summed E-state index contributed by atoms with van der Waals surface area (Å²) >= 11 is 1.18. The average molecular weight is 525 g/mol. The molecule has 4 rings (SSSR count). The van der Waals surface area contributed by atoms with Crippen molar-refractivity contribution in [2.75, 3.05) is 0 Å². The fraction of sp³-hybridized carbons (Fsp3) is 0.154. The summed E-state index contributed by atoms with van der Waals surface area (Å²) in [7, 11) is -4.13. The van der Waals surface area contributed by atoms with Gasteiger partial charge < -0.3 is 14.3 Å². The van der Waals surface area contributed by atoms with Crippen LogP contribution in [0.4, 0.5) is 0 Å². The predicted octanol–water partition coefficient (Wildman–Crippen LogP) is 5.44. The highest BCUT2D eigenvalue weighted by Crippen LogP contribution is 2.35. The van der Waals surface area contributed by atoms with E-state index in [9.17, 15) is 18.3 Å². The highest BCUT2D eigenvalue weighted by molar-refractivity contribution is 8.00. The molecule has 10 heteroatoms. The van der Waals surface area contributed by atoms with Crippen LogP contribution in [0.1, 0.15) is 13.8 Å². The van der Waals surface area contributed by atoms with Crippen molar-refractivity contribution in [2.45, 2.75) is 34.6 Å². The Kier molecular flexibility index (Phi) is 7.48. The maximum atomic E-state index is 13.0. The van der Waals surface area contributed by atoms with E-state index in [2.05, 4.69) is 9.71 Å². The quantitative estimate of drug-likeness (QED) is 0.263. The van der Waals surface area contributed by atoms with Crippen LogP contribution in [0, 0.1) is 0 Å². The number of carbonyl (C=O) groups is 1. The number of aromatic nitrogens is 1. The number of carboxylic acid groups (broad SMARTS) is 1. The van der Waals surface area contributed by atoms with Gasteiger partial charge in [0.05, 0.1) is 22.4 Å². The first-order valence-electron chi connectivity index (χ1n) is 10.9. The minimum atomic E-state index is -4.13. The molecule has 1 atom stereocenters. The van der Waals surface area contributed by atoms with Crippen molar-refractivity contribution in [1.82, 2.24) is 9.71 Å². The first kappa shape index (κ1) is 25.5. The number of pyridine rings is 1. The van der Waals surface area contributed by atoms with Gasteiger partial charge in [0.15, 0.2) is 0 Å². The molecular weight excluding hydrogens is 500 g/mol. The van der Waals surface area contributed by atoms with E-state index >= 15 is 0 Å². The highest BCUT2D eigenvalue weighted by atomic mass is 32.2. The van der Waals surface area contributed by atoms with E-state index in [0.717, 1.165) is 11.1 Å². The van der Waals surface area contributed by atoms with E-state index in [4.69, 9.17) is 9.15 Å². The minimum Gasteiger partial charge on any atom is -0.480 e. The summed E-state index contributed by atoms with van der Waals surface area (Å²) in [6, 6.07) is 18.9. The van der Waals surface area contributed by atoms with E-state index in [1.165, 1.54) is 36.0 Å². The highest BCUT2D eigenvalue weighted by Gasteiger charge is 2.40. The van der Waals surface area contributed by atoms with Crippen LogP contribution in [0.25, 0.3) is 11.1 Å². The third-order valence-electron chi connectivity index (χ3n) is 5.30. The van der Waals surface area contributed by atoms with Crippen LogP contribution in [-0.4, -0.2) is 35.3 Å². The molecule has 0 saturated heterocycles.